The molecule has 2 aliphatic rings. The summed E-state index contributed by atoms with van der Waals surface area (Å²) < 4.78 is 5.69. The van der Waals surface area contributed by atoms with E-state index in [4.69, 9.17) is 4.74 Å². The second-order valence-electron chi connectivity index (χ2n) is 5.64. The molecule has 2 heteroatoms. The molecule has 0 bridgehead atoms. The van der Waals surface area contributed by atoms with Gasteiger partial charge in [0.05, 0.1) is 6.61 Å². The fraction of sp³-hybridized carbons (Fsp3) is 1.00. The van der Waals surface area contributed by atoms with Gasteiger partial charge in [-0.05, 0) is 39.5 Å². The Labute approximate surface area is 94.0 Å². The van der Waals surface area contributed by atoms with Gasteiger partial charge in [-0.3, -0.25) is 4.90 Å². The smallest absolute Gasteiger partial charge is 0.0535 e. The van der Waals surface area contributed by atoms with E-state index in [2.05, 4.69) is 25.7 Å². The first-order chi connectivity index (χ1) is 7.17. The molecule has 0 aromatic carbocycles. The molecule has 2 nitrogen and oxygen atoms in total. The molecule has 0 aromatic rings. The first-order valence-electron chi connectivity index (χ1n) is 6.50. The van der Waals surface area contributed by atoms with Gasteiger partial charge in [0.2, 0.25) is 0 Å². The SMILES string of the molecule is CCC(C)N1CC2(CCCOC2)CC1C. The van der Waals surface area contributed by atoms with Gasteiger partial charge in [0.15, 0.2) is 0 Å². The van der Waals surface area contributed by atoms with Crippen molar-refractivity contribution in [1.82, 2.24) is 4.90 Å². The molecule has 2 saturated heterocycles. The van der Waals surface area contributed by atoms with Crippen molar-refractivity contribution in [2.75, 3.05) is 19.8 Å². The van der Waals surface area contributed by atoms with Crippen molar-refractivity contribution in [3.63, 3.8) is 0 Å². The zero-order valence-corrected chi connectivity index (χ0v) is 10.5. The van der Waals surface area contributed by atoms with Gasteiger partial charge in [0.1, 0.15) is 0 Å². The molecule has 0 radical (unpaired) electrons. The van der Waals surface area contributed by atoms with Crippen LogP contribution in [0.15, 0.2) is 0 Å². The van der Waals surface area contributed by atoms with E-state index < -0.39 is 0 Å². The van der Waals surface area contributed by atoms with Crippen LogP contribution >= 0.6 is 0 Å². The third kappa shape index (κ3) is 2.21. The number of ether oxygens (including phenoxy) is 1. The second-order valence-corrected chi connectivity index (χ2v) is 5.64. The molecular weight excluding hydrogens is 186 g/mol. The van der Waals surface area contributed by atoms with E-state index in [9.17, 15) is 0 Å². The topological polar surface area (TPSA) is 12.5 Å². The van der Waals surface area contributed by atoms with Crippen LogP contribution in [0.25, 0.3) is 0 Å². The van der Waals surface area contributed by atoms with Crippen LogP contribution in [-0.4, -0.2) is 36.7 Å². The predicted octanol–water partition coefficient (Wildman–Crippen LogP) is 2.68. The number of hydrogen-bond donors (Lipinski definition) is 0. The normalized spacial score (nSPS) is 39.8. The second kappa shape index (κ2) is 4.42. The first kappa shape index (κ1) is 11.4. The van der Waals surface area contributed by atoms with Gasteiger partial charge in [-0.1, -0.05) is 6.92 Å². The zero-order valence-electron chi connectivity index (χ0n) is 10.5. The predicted molar refractivity (Wildman–Crippen MR) is 63.0 cm³/mol. The Kier molecular flexibility index (Phi) is 3.36. The fourth-order valence-corrected chi connectivity index (χ4v) is 3.37. The summed E-state index contributed by atoms with van der Waals surface area (Å²) in [6, 6.07) is 1.49. The first-order valence-corrected chi connectivity index (χ1v) is 6.50. The Bertz CT molecular complexity index is 211. The maximum atomic E-state index is 5.69. The largest absolute Gasteiger partial charge is 0.381 e. The molecule has 15 heavy (non-hydrogen) atoms. The van der Waals surface area contributed by atoms with Gasteiger partial charge >= 0.3 is 0 Å². The molecule has 0 aliphatic carbocycles. The average Bonchev–Trinajstić information content (AvgIpc) is 2.55. The van der Waals surface area contributed by atoms with Gasteiger partial charge in [-0.15, -0.1) is 0 Å². The lowest BCUT2D eigenvalue weighted by Gasteiger charge is -2.34. The van der Waals surface area contributed by atoms with E-state index in [0.29, 0.717) is 5.41 Å². The van der Waals surface area contributed by atoms with Crippen molar-refractivity contribution in [2.45, 2.75) is 58.5 Å². The molecule has 3 unspecified atom stereocenters. The Morgan fingerprint density at radius 1 is 1.53 bits per heavy atom. The summed E-state index contributed by atoms with van der Waals surface area (Å²) in [7, 11) is 0. The molecule has 0 saturated carbocycles. The summed E-state index contributed by atoms with van der Waals surface area (Å²) >= 11 is 0. The highest BCUT2D eigenvalue weighted by Gasteiger charge is 2.44. The summed E-state index contributed by atoms with van der Waals surface area (Å²) in [5, 5.41) is 0. The minimum Gasteiger partial charge on any atom is -0.381 e. The van der Waals surface area contributed by atoms with Crippen LogP contribution in [0.5, 0.6) is 0 Å². The quantitative estimate of drug-likeness (QED) is 0.696. The third-order valence-corrected chi connectivity index (χ3v) is 4.37. The van der Waals surface area contributed by atoms with E-state index in [1.807, 2.05) is 0 Å². The van der Waals surface area contributed by atoms with E-state index >= 15 is 0 Å². The van der Waals surface area contributed by atoms with Crippen molar-refractivity contribution in [2.24, 2.45) is 5.41 Å². The van der Waals surface area contributed by atoms with Crippen molar-refractivity contribution < 1.29 is 4.74 Å². The zero-order chi connectivity index (χ0) is 10.9. The molecule has 0 aromatic heterocycles. The van der Waals surface area contributed by atoms with Crippen LogP contribution < -0.4 is 0 Å². The molecule has 2 rings (SSSR count). The van der Waals surface area contributed by atoms with Crippen LogP contribution in [0.1, 0.15) is 46.5 Å². The van der Waals surface area contributed by atoms with E-state index in [0.717, 1.165) is 25.3 Å². The molecule has 3 atom stereocenters. The Morgan fingerprint density at radius 3 is 2.93 bits per heavy atom. The number of hydrogen-bond acceptors (Lipinski definition) is 2. The Hall–Kier alpha value is -0.0800. The molecule has 88 valence electrons. The average molecular weight is 211 g/mol. The minimum absolute atomic E-state index is 0.501. The highest BCUT2D eigenvalue weighted by molar-refractivity contribution is 4.96. The summed E-state index contributed by atoms with van der Waals surface area (Å²) in [5.41, 5.74) is 0.501. The molecule has 2 fully saturated rings. The fourth-order valence-electron chi connectivity index (χ4n) is 3.37. The molecule has 2 heterocycles. The van der Waals surface area contributed by atoms with Gasteiger partial charge in [-0.25, -0.2) is 0 Å². The third-order valence-electron chi connectivity index (χ3n) is 4.37. The van der Waals surface area contributed by atoms with Crippen LogP contribution in [0.4, 0.5) is 0 Å². The Morgan fingerprint density at radius 2 is 2.33 bits per heavy atom. The van der Waals surface area contributed by atoms with Crippen LogP contribution in [0.2, 0.25) is 0 Å². The van der Waals surface area contributed by atoms with Gasteiger partial charge < -0.3 is 4.74 Å². The van der Waals surface area contributed by atoms with Crippen LogP contribution in [-0.2, 0) is 4.74 Å². The van der Waals surface area contributed by atoms with Gasteiger partial charge in [0, 0.05) is 30.7 Å². The van der Waals surface area contributed by atoms with Crippen molar-refractivity contribution in [3.05, 3.63) is 0 Å². The van der Waals surface area contributed by atoms with Crippen LogP contribution in [0, 0.1) is 5.41 Å². The number of rotatable bonds is 2. The Balaban J connectivity index is 2.01. The van der Waals surface area contributed by atoms with Crippen molar-refractivity contribution >= 4 is 0 Å². The highest BCUT2D eigenvalue weighted by atomic mass is 16.5. The molecule has 1 spiro atoms. The minimum atomic E-state index is 0.501. The maximum absolute atomic E-state index is 5.69. The molecule has 2 aliphatic heterocycles. The monoisotopic (exact) mass is 211 g/mol. The maximum Gasteiger partial charge on any atom is 0.0535 e. The summed E-state index contributed by atoms with van der Waals surface area (Å²) in [6.45, 7) is 10.3. The van der Waals surface area contributed by atoms with Gasteiger partial charge in [0.25, 0.3) is 0 Å². The van der Waals surface area contributed by atoms with E-state index in [-0.39, 0.29) is 0 Å². The number of nitrogens with zero attached hydrogens (tertiary/aromatic N) is 1. The summed E-state index contributed by atoms with van der Waals surface area (Å²) in [6.07, 6.45) is 5.25. The molecule has 0 amide bonds. The highest BCUT2D eigenvalue weighted by Crippen LogP contribution is 2.42. The van der Waals surface area contributed by atoms with Gasteiger partial charge in [-0.2, -0.15) is 0 Å². The molecular formula is C13H25NO. The van der Waals surface area contributed by atoms with E-state index in [1.54, 1.807) is 0 Å². The number of likely N-dealkylation sites (tertiary alicyclic amines) is 1. The summed E-state index contributed by atoms with van der Waals surface area (Å²) in [5.74, 6) is 0. The summed E-state index contributed by atoms with van der Waals surface area (Å²) in [4.78, 5) is 2.69. The van der Waals surface area contributed by atoms with Crippen molar-refractivity contribution in [1.29, 1.82) is 0 Å². The van der Waals surface area contributed by atoms with E-state index in [1.165, 1.54) is 32.2 Å². The lowest BCUT2D eigenvalue weighted by molar-refractivity contribution is -0.00399. The van der Waals surface area contributed by atoms with Crippen LogP contribution in [0.3, 0.4) is 0 Å². The standard InChI is InChI=1S/C13H25NO/c1-4-11(2)14-9-13(8-12(14)3)6-5-7-15-10-13/h11-12H,4-10H2,1-3H3. The van der Waals surface area contributed by atoms with Crippen molar-refractivity contribution in [3.8, 4) is 0 Å². The lowest BCUT2D eigenvalue weighted by Crippen LogP contribution is -2.39. The lowest BCUT2D eigenvalue weighted by atomic mass is 9.81. The molecule has 0 N–H and O–H groups in total.